The molecule has 1 aromatic heterocycles. The largest absolute Gasteiger partial charge is 0.496 e. The van der Waals surface area contributed by atoms with E-state index in [1.165, 1.54) is 0 Å². The van der Waals surface area contributed by atoms with Gasteiger partial charge in [-0.3, -0.25) is 0 Å². The van der Waals surface area contributed by atoms with Crippen LogP contribution in [0.3, 0.4) is 0 Å². The number of nitrogens with zero attached hydrogens (tertiary/aromatic N) is 1. The first-order valence-electron chi connectivity index (χ1n) is 8.83. The van der Waals surface area contributed by atoms with E-state index in [-0.39, 0.29) is 6.61 Å². The third-order valence-corrected chi connectivity index (χ3v) is 4.37. The number of aromatic nitrogens is 1. The fourth-order valence-corrected chi connectivity index (χ4v) is 2.97. The predicted octanol–water partition coefficient (Wildman–Crippen LogP) is 3.62. The van der Waals surface area contributed by atoms with E-state index in [0.717, 1.165) is 5.56 Å². The molecule has 0 radical (unpaired) electrons. The summed E-state index contributed by atoms with van der Waals surface area (Å²) >= 11 is 0. The second-order valence-corrected chi connectivity index (χ2v) is 6.29. The third-order valence-electron chi connectivity index (χ3n) is 4.37. The molecule has 2 heterocycles. The molecule has 3 aromatic rings. The molecule has 0 N–H and O–H groups in total. The molecule has 2 atom stereocenters. The van der Waals surface area contributed by atoms with Gasteiger partial charge in [0.15, 0.2) is 23.9 Å². The van der Waals surface area contributed by atoms with E-state index in [9.17, 15) is 4.79 Å². The van der Waals surface area contributed by atoms with Crippen molar-refractivity contribution in [1.29, 1.82) is 0 Å². The van der Waals surface area contributed by atoms with Crippen LogP contribution in [0.1, 0.15) is 12.7 Å². The van der Waals surface area contributed by atoms with Crippen molar-refractivity contribution in [2.45, 2.75) is 25.7 Å². The van der Waals surface area contributed by atoms with E-state index in [0.29, 0.717) is 28.7 Å². The van der Waals surface area contributed by atoms with E-state index < -0.39 is 18.2 Å². The van der Waals surface area contributed by atoms with E-state index in [4.69, 9.17) is 23.5 Å². The van der Waals surface area contributed by atoms with E-state index >= 15 is 0 Å². The molecule has 1 aliphatic heterocycles. The van der Waals surface area contributed by atoms with Crippen LogP contribution in [0.4, 0.5) is 0 Å². The van der Waals surface area contributed by atoms with Crippen LogP contribution in [0.2, 0.25) is 0 Å². The Labute approximate surface area is 161 Å². The second kappa shape index (κ2) is 7.64. The molecular weight excluding hydrogens is 362 g/mol. The minimum atomic E-state index is -0.855. The number of para-hydroxylation sites is 3. The second-order valence-electron chi connectivity index (χ2n) is 6.29. The first-order valence-corrected chi connectivity index (χ1v) is 8.83. The molecule has 0 saturated carbocycles. The highest BCUT2D eigenvalue weighted by atomic mass is 16.6. The zero-order valence-electron chi connectivity index (χ0n) is 15.5. The Hall–Kier alpha value is -3.48. The number of hydrogen-bond acceptors (Lipinski definition) is 7. The van der Waals surface area contributed by atoms with Gasteiger partial charge in [-0.1, -0.05) is 29.4 Å². The van der Waals surface area contributed by atoms with Gasteiger partial charge < -0.3 is 23.5 Å². The van der Waals surface area contributed by atoms with Crippen molar-refractivity contribution < 1.29 is 28.3 Å². The van der Waals surface area contributed by atoms with E-state index in [1.807, 2.05) is 36.4 Å². The normalized spacial score (nSPS) is 17.8. The molecule has 0 bridgehead atoms. The summed E-state index contributed by atoms with van der Waals surface area (Å²) in [5.41, 5.74) is 1.39. The molecule has 7 heteroatoms. The molecule has 0 saturated heterocycles. The maximum Gasteiger partial charge on any atom is 0.351 e. The number of methoxy groups -OCH3 is 1. The SMILES string of the molecule is COc1ccccc1-c1cc(COC(=O)[C@H]2Oc3ccccc3O[C@@H]2C)on1. The maximum absolute atomic E-state index is 12.5. The highest BCUT2D eigenvalue weighted by Gasteiger charge is 2.35. The van der Waals surface area contributed by atoms with Crippen molar-refractivity contribution >= 4 is 5.97 Å². The maximum atomic E-state index is 12.5. The van der Waals surface area contributed by atoms with Crippen molar-refractivity contribution in [3.8, 4) is 28.5 Å². The van der Waals surface area contributed by atoms with Crippen molar-refractivity contribution in [2.75, 3.05) is 7.11 Å². The van der Waals surface area contributed by atoms with Crippen LogP contribution in [0.25, 0.3) is 11.3 Å². The smallest absolute Gasteiger partial charge is 0.351 e. The first-order chi connectivity index (χ1) is 13.7. The fraction of sp³-hybridized carbons (Fsp3) is 0.238. The van der Waals surface area contributed by atoms with Gasteiger partial charge in [-0.05, 0) is 31.2 Å². The lowest BCUT2D eigenvalue weighted by Crippen LogP contribution is -2.44. The molecule has 1 aliphatic rings. The number of carbonyl (C=O) groups excluding carboxylic acids is 1. The van der Waals surface area contributed by atoms with Crippen molar-refractivity contribution in [1.82, 2.24) is 5.16 Å². The molecule has 0 spiro atoms. The molecule has 7 nitrogen and oxygen atoms in total. The van der Waals surface area contributed by atoms with Gasteiger partial charge in [0.1, 0.15) is 17.5 Å². The molecule has 28 heavy (non-hydrogen) atoms. The molecule has 4 rings (SSSR count). The Morgan fingerprint density at radius 3 is 2.57 bits per heavy atom. The van der Waals surface area contributed by atoms with Crippen molar-refractivity contribution in [3.63, 3.8) is 0 Å². The Morgan fingerprint density at radius 1 is 1.07 bits per heavy atom. The Morgan fingerprint density at radius 2 is 1.79 bits per heavy atom. The minimum Gasteiger partial charge on any atom is -0.496 e. The molecule has 144 valence electrons. The third kappa shape index (κ3) is 3.51. The first kappa shape index (κ1) is 17.9. The summed E-state index contributed by atoms with van der Waals surface area (Å²) in [6, 6.07) is 16.4. The van der Waals surface area contributed by atoms with Gasteiger partial charge in [-0.25, -0.2) is 4.79 Å². The molecule has 0 amide bonds. The number of benzene rings is 2. The Balaban J connectivity index is 1.41. The van der Waals surface area contributed by atoms with Gasteiger partial charge in [-0.2, -0.15) is 0 Å². The number of carbonyl (C=O) groups is 1. The van der Waals surface area contributed by atoms with Crippen LogP contribution in [0.15, 0.2) is 59.1 Å². The fourth-order valence-electron chi connectivity index (χ4n) is 2.97. The zero-order chi connectivity index (χ0) is 19.5. The number of hydrogen-bond donors (Lipinski definition) is 0. The summed E-state index contributed by atoms with van der Waals surface area (Å²) in [6.07, 6.45) is -1.33. The van der Waals surface area contributed by atoms with Gasteiger partial charge in [0, 0.05) is 11.6 Å². The summed E-state index contributed by atoms with van der Waals surface area (Å²) in [6.45, 7) is 1.70. The Bertz CT molecular complexity index is 982. The standard InChI is InChI=1S/C21H19NO6/c1-13-20(27-19-10-6-5-9-18(19)26-13)21(23)25-12-14-11-16(22-28-14)15-7-3-4-8-17(15)24-2/h3-11,13,20H,12H2,1-2H3/t13-,20+/m1/s1. The zero-order valence-corrected chi connectivity index (χ0v) is 15.5. The number of fused-ring (bicyclic) bond motifs is 1. The summed E-state index contributed by atoms with van der Waals surface area (Å²) in [7, 11) is 1.59. The summed E-state index contributed by atoms with van der Waals surface area (Å²) in [4.78, 5) is 12.5. The predicted molar refractivity (Wildman–Crippen MR) is 99.2 cm³/mol. The molecule has 0 aliphatic carbocycles. The van der Waals surface area contributed by atoms with E-state index in [2.05, 4.69) is 5.16 Å². The molecular formula is C21H19NO6. The topological polar surface area (TPSA) is 80.0 Å². The van der Waals surface area contributed by atoms with Crippen LogP contribution in [-0.4, -0.2) is 30.4 Å². The van der Waals surface area contributed by atoms with Gasteiger partial charge in [0.05, 0.1) is 7.11 Å². The monoisotopic (exact) mass is 381 g/mol. The number of ether oxygens (including phenoxy) is 4. The summed E-state index contributed by atoms with van der Waals surface area (Å²) < 4.78 is 27.4. The number of esters is 1. The van der Waals surface area contributed by atoms with Gasteiger partial charge >= 0.3 is 5.97 Å². The number of rotatable bonds is 5. The molecule has 0 fully saturated rings. The quantitative estimate of drug-likeness (QED) is 0.625. The lowest BCUT2D eigenvalue weighted by atomic mass is 10.1. The van der Waals surface area contributed by atoms with Gasteiger partial charge in [0.2, 0.25) is 6.10 Å². The van der Waals surface area contributed by atoms with Crippen molar-refractivity contribution in [2.24, 2.45) is 0 Å². The van der Waals surface area contributed by atoms with Crippen LogP contribution in [0, 0.1) is 0 Å². The minimum absolute atomic E-state index is 0.0603. The van der Waals surface area contributed by atoms with Crippen LogP contribution >= 0.6 is 0 Å². The summed E-state index contributed by atoms with van der Waals surface area (Å²) in [5, 5.41) is 4.03. The van der Waals surface area contributed by atoms with Crippen LogP contribution in [-0.2, 0) is 16.1 Å². The average Bonchev–Trinajstić information content (AvgIpc) is 3.20. The lowest BCUT2D eigenvalue weighted by molar-refractivity contribution is -0.159. The average molecular weight is 381 g/mol. The highest BCUT2D eigenvalue weighted by Crippen LogP contribution is 2.34. The summed E-state index contributed by atoms with van der Waals surface area (Å²) in [5.74, 6) is 1.69. The van der Waals surface area contributed by atoms with Gasteiger partial charge in [-0.15, -0.1) is 0 Å². The Kier molecular flexibility index (Phi) is 4.89. The van der Waals surface area contributed by atoms with Crippen molar-refractivity contribution in [3.05, 3.63) is 60.4 Å². The molecule has 0 unspecified atom stereocenters. The van der Waals surface area contributed by atoms with Gasteiger partial charge in [0.25, 0.3) is 0 Å². The van der Waals surface area contributed by atoms with E-state index in [1.54, 1.807) is 32.2 Å². The van der Waals surface area contributed by atoms with Crippen LogP contribution in [0.5, 0.6) is 17.2 Å². The van der Waals surface area contributed by atoms with Crippen LogP contribution < -0.4 is 14.2 Å². The molecule has 2 aromatic carbocycles. The lowest BCUT2D eigenvalue weighted by Gasteiger charge is -2.30. The highest BCUT2D eigenvalue weighted by molar-refractivity contribution is 5.76.